The summed E-state index contributed by atoms with van der Waals surface area (Å²) in [5, 5.41) is 1.000. The number of amides is 2. The summed E-state index contributed by atoms with van der Waals surface area (Å²) < 4.78 is 25.2. The monoisotopic (exact) mass is 527 g/mol. The molecule has 0 radical (unpaired) electrons. The first-order chi connectivity index (χ1) is 18.9. The van der Waals surface area contributed by atoms with Crippen LogP contribution >= 0.6 is 0 Å². The first-order valence-corrected chi connectivity index (χ1v) is 13.1. The van der Waals surface area contributed by atoms with Gasteiger partial charge < -0.3 is 24.3 Å². The Morgan fingerprint density at radius 1 is 1.05 bits per heavy atom. The topological polar surface area (TPSA) is 74.9 Å². The summed E-state index contributed by atoms with van der Waals surface area (Å²) in [5.74, 6) is 0.351. The van der Waals surface area contributed by atoms with E-state index < -0.39 is 5.54 Å². The van der Waals surface area contributed by atoms with Crippen molar-refractivity contribution in [1.29, 1.82) is 0 Å². The number of benzene rings is 3. The molecule has 39 heavy (non-hydrogen) atoms. The molecule has 1 N–H and O–H groups in total. The molecule has 0 spiro atoms. The maximum Gasteiger partial charge on any atom is 0.255 e. The van der Waals surface area contributed by atoms with E-state index in [0.29, 0.717) is 30.3 Å². The van der Waals surface area contributed by atoms with Crippen molar-refractivity contribution in [2.24, 2.45) is 0 Å². The minimum absolute atomic E-state index is 0.0511. The van der Waals surface area contributed by atoms with E-state index in [4.69, 9.17) is 9.47 Å². The third-order valence-corrected chi connectivity index (χ3v) is 8.00. The lowest BCUT2D eigenvalue weighted by molar-refractivity contribution is -0.166. The number of rotatable bonds is 6. The first kappa shape index (κ1) is 25.0. The van der Waals surface area contributed by atoms with Crippen LogP contribution in [0.25, 0.3) is 10.9 Å². The highest BCUT2D eigenvalue weighted by Gasteiger charge is 2.56. The van der Waals surface area contributed by atoms with E-state index in [0.717, 1.165) is 27.6 Å². The molecule has 0 aliphatic carbocycles. The molecule has 0 saturated carbocycles. The third-order valence-electron chi connectivity index (χ3n) is 8.00. The maximum absolute atomic E-state index is 14.2. The highest BCUT2D eigenvalue weighted by atomic mass is 19.1. The smallest absolute Gasteiger partial charge is 0.255 e. The van der Waals surface area contributed by atoms with Crippen molar-refractivity contribution in [2.75, 3.05) is 26.8 Å². The number of halogens is 1. The van der Waals surface area contributed by atoms with E-state index in [1.165, 1.54) is 12.1 Å². The minimum atomic E-state index is -1.23. The number of carbonyl (C=O) groups is 2. The van der Waals surface area contributed by atoms with Crippen molar-refractivity contribution in [3.05, 3.63) is 94.9 Å². The molecular weight excluding hydrogens is 497 g/mol. The summed E-state index contributed by atoms with van der Waals surface area (Å²) >= 11 is 0. The molecule has 1 unspecified atom stereocenters. The molecule has 1 aromatic heterocycles. The lowest BCUT2D eigenvalue weighted by Gasteiger charge is -2.51. The molecule has 200 valence electrons. The third kappa shape index (κ3) is 3.85. The molecular formula is C31H30FN3O4. The van der Waals surface area contributed by atoms with E-state index in [1.807, 2.05) is 56.3 Å². The van der Waals surface area contributed by atoms with Crippen LogP contribution in [0.2, 0.25) is 0 Å². The largest absolute Gasteiger partial charge is 0.493 e. The van der Waals surface area contributed by atoms with Crippen LogP contribution in [0.15, 0.2) is 66.7 Å². The number of fused-ring (bicyclic) bond motifs is 5. The predicted octanol–water partition coefficient (Wildman–Crippen LogP) is 4.95. The highest BCUT2D eigenvalue weighted by molar-refractivity contribution is 6.01. The molecule has 3 heterocycles. The van der Waals surface area contributed by atoms with Gasteiger partial charge in [-0.05, 0) is 49.2 Å². The van der Waals surface area contributed by atoms with Crippen molar-refractivity contribution in [1.82, 2.24) is 14.8 Å². The fourth-order valence-electron chi connectivity index (χ4n) is 6.16. The Bertz CT molecular complexity index is 1580. The summed E-state index contributed by atoms with van der Waals surface area (Å²) in [6, 6.07) is 19.8. The quantitative estimate of drug-likeness (QED) is 0.385. The van der Waals surface area contributed by atoms with Gasteiger partial charge in [0.15, 0.2) is 17.0 Å². The van der Waals surface area contributed by atoms with Gasteiger partial charge in [0.25, 0.3) is 5.91 Å². The van der Waals surface area contributed by atoms with Crippen LogP contribution in [-0.4, -0.2) is 53.4 Å². The van der Waals surface area contributed by atoms with Gasteiger partial charge in [0.05, 0.1) is 19.4 Å². The van der Waals surface area contributed by atoms with Gasteiger partial charge in [0.2, 0.25) is 5.91 Å². The van der Waals surface area contributed by atoms with Crippen LogP contribution in [0, 0.1) is 5.82 Å². The number of para-hydroxylation sites is 2. The average molecular weight is 528 g/mol. The lowest BCUT2D eigenvalue weighted by Crippen LogP contribution is -2.67. The average Bonchev–Trinajstić information content (AvgIpc) is 3.34. The Balaban J connectivity index is 1.52. The number of piperazine rings is 1. The molecule has 7 nitrogen and oxygen atoms in total. The first-order valence-electron chi connectivity index (χ1n) is 13.1. The van der Waals surface area contributed by atoms with Crippen LogP contribution in [-0.2, 0) is 21.7 Å². The van der Waals surface area contributed by atoms with Crippen LogP contribution in [0.3, 0.4) is 0 Å². The van der Waals surface area contributed by atoms with Gasteiger partial charge in [-0.25, -0.2) is 4.39 Å². The molecule has 1 fully saturated rings. The summed E-state index contributed by atoms with van der Waals surface area (Å²) in [6.07, 6.45) is 0. The number of carbonyl (C=O) groups excluding carboxylic acids is 2. The Hall–Kier alpha value is -4.33. The molecule has 2 aliphatic heterocycles. The van der Waals surface area contributed by atoms with E-state index in [1.54, 1.807) is 29.0 Å². The zero-order valence-electron chi connectivity index (χ0n) is 22.2. The van der Waals surface area contributed by atoms with Crippen LogP contribution in [0.4, 0.5) is 4.39 Å². The fraction of sp³-hybridized carbons (Fsp3) is 0.290. The molecule has 6 rings (SSSR count). The number of nitrogens with zero attached hydrogens (tertiary/aromatic N) is 2. The van der Waals surface area contributed by atoms with E-state index in [-0.39, 0.29) is 36.6 Å². The molecule has 4 aromatic rings. The van der Waals surface area contributed by atoms with E-state index in [2.05, 4.69) is 4.98 Å². The number of aromatic amines is 1. The minimum Gasteiger partial charge on any atom is -0.493 e. The van der Waals surface area contributed by atoms with Gasteiger partial charge in [0.1, 0.15) is 12.4 Å². The Kier molecular flexibility index (Phi) is 6.05. The number of hydrogen-bond acceptors (Lipinski definition) is 4. The molecule has 2 atom stereocenters. The summed E-state index contributed by atoms with van der Waals surface area (Å²) in [7, 11) is 1.61. The highest BCUT2D eigenvalue weighted by Crippen LogP contribution is 2.50. The van der Waals surface area contributed by atoms with Crippen molar-refractivity contribution in [3.63, 3.8) is 0 Å². The molecule has 2 amide bonds. The number of methoxy groups -OCH3 is 1. The Morgan fingerprint density at radius 3 is 2.56 bits per heavy atom. The predicted molar refractivity (Wildman–Crippen MR) is 145 cm³/mol. The van der Waals surface area contributed by atoms with Crippen LogP contribution < -0.4 is 9.47 Å². The van der Waals surface area contributed by atoms with Gasteiger partial charge in [-0.15, -0.1) is 0 Å². The van der Waals surface area contributed by atoms with E-state index >= 15 is 0 Å². The fourth-order valence-corrected chi connectivity index (χ4v) is 6.16. The van der Waals surface area contributed by atoms with E-state index in [9.17, 15) is 14.0 Å². The second-order valence-electron chi connectivity index (χ2n) is 10.2. The van der Waals surface area contributed by atoms with Gasteiger partial charge in [-0.2, -0.15) is 0 Å². The molecule has 3 aromatic carbocycles. The lowest BCUT2D eigenvalue weighted by atomic mass is 9.76. The zero-order valence-corrected chi connectivity index (χ0v) is 22.2. The van der Waals surface area contributed by atoms with Gasteiger partial charge in [-0.1, -0.05) is 42.5 Å². The van der Waals surface area contributed by atoms with Gasteiger partial charge in [-0.3, -0.25) is 9.59 Å². The molecule has 1 saturated heterocycles. The SMILES string of the molecule is CCOc1c(OC)cccc1C1CN2C(=O)CN(Cc3ccc(F)cc3)C(=O)[C@]2(C)c2[nH]c3ccccc3c21. The normalized spacial score (nSPS) is 20.7. The van der Waals surface area contributed by atoms with Gasteiger partial charge in [0, 0.05) is 35.5 Å². The van der Waals surface area contributed by atoms with Crippen molar-refractivity contribution in [3.8, 4) is 11.5 Å². The number of nitrogens with one attached hydrogen (secondary N) is 1. The van der Waals surface area contributed by atoms with Crippen molar-refractivity contribution >= 4 is 22.7 Å². The molecule has 2 aliphatic rings. The van der Waals surface area contributed by atoms with Crippen LogP contribution in [0.1, 0.15) is 42.1 Å². The summed E-state index contributed by atoms with van der Waals surface area (Å²) in [5.41, 5.74) is 3.00. The second kappa shape index (κ2) is 9.45. The Morgan fingerprint density at radius 2 is 1.82 bits per heavy atom. The number of H-pyrrole nitrogens is 1. The van der Waals surface area contributed by atoms with Gasteiger partial charge >= 0.3 is 0 Å². The van der Waals surface area contributed by atoms with Crippen molar-refractivity contribution < 1.29 is 23.5 Å². The number of aromatic nitrogens is 1. The standard InChI is InChI=1S/C31H30FN3O4/c1-4-39-28-21(9-7-11-25(28)38-3)23-17-35-26(36)18-34(16-19-12-14-20(32)15-13-19)30(37)31(35,2)29-27(23)22-8-5-6-10-24(22)33-29/h5-15,23,33H,4,16-18H2,1-3H3/t23?,31-/m0/s1. The zero-order chi connectivity index (χ0) is 27.3. The Labute approximate surface area is 226 Å². The maximum atomic E-state index is 14.2. The molecule has 0 bridgehead atoms. The van der Waals surface area contributed by atoms with Crippen LogP contribution in [0.5, 0.6) is 11.5 Å². The van der Waals surface area contributed by atoms with Crippen molar-refractivity contribution in [2.45, 2.75) is 31.8 Å². The molecule has 8 heteroatoms. The summed E-state index contributed by atoms with van der Waals surface area (Å²) in [4.78, 5) is 34.8. The summed E-state index contributed by atoms with van der Waals surface area (Å²) in [6.45, 7) is 4.69. The number of ether oxygens (including phenoxy) is 2. The number of hydrogen-bond donors (Lipinski definition) is 1. The second-order valence-corrected chi connectivity index (χ2v) is 10.2.